The van der Waals surface area contributed by atoms with Gasteiger partial charge in [-0.05, 0) is 6.42 Å². The molecule has 0 saturated carbocycles. The SMILES string of the molecule is CCCCCOC=O.[KH]. The summed E-state index contributed by atoms with van der Waals surface area (Å²) in [6.45, 7) is 3.19. The molecule has 0 radical (unpaired) electrons. The van der Waals surface area contributed by atoms with Gasteiger partial charge in [0.15, 0.2) is 0 Å². The molecule has 0 atom stereocenters. The molecule has 0 aliphatic heterocycles. The van der Waals surface area contributed by atoms with Crippen molar-refractivity contribution in [1.82, 2.24) is 0 Å². The molecule has 0 aliphatic rings. The molecule has 0 saturated heterocycles. The van der Waals surface area contributed by atoms with Crippen LogP contribution in [0, 0.1) is 0 Å². The van der Waals surface area contributed by atoms with Crippen LogP contribution in [-0.4, -0.2) is 64.5 Å². The van der Waals surface area contributed by atoms with E-state index >= 15 is 0 Å². The quantitative estimate of drug-likeness (QED) is 0.333. The molecule has 0 N–H and O–H groups in total. The van der Waals surface area contributed by atoms with Crippen LogP contribution in [0.3, 0.4) is 0 Å². The number of unbranched alkanes of at least 4 members (excludes halogenated alkanes) is 2. The van der Waals surface area contributed by atoms with Crippen LogP contribution in [0.2, 0.25) is 0 Å². The molecule has 0 heterocycles. The first-order valence-electron chi connectivity index (χ1n) is 2.97. The number of ether oxygens (including phenoxy) is 1. The van der Waals surface area contributed by atoms with Crippen LogP contribution < -0.4 is 0 Å². The number of hydrogen-bond donors (Lipinski definition) is 0. The van der Waals surface area contributed by atoms with E-state index in [9.17, 15) is 4.79 Å². The van der Waals surface area contributed by atoms with Gasteiger partial charge < -0.3 is 4.74 Å². The van der Waals surface area contributed by atoms with Crippen LogP contribution in [0.25, 0.3) is 0 Å². The maximum atomic E-state index is 9.55. The van der Waals surface area contributed by atoms with E-state index < -0.39 is 0 Å². The van der Waals surface area contributed by atoms with Crippen molar-refractivity contribution in [3.63, 3.8) is 0 Å². The van der Waals surface area contributed by atoms with Gasteiger partial charge in [-0.15, -0.1) is 0 Å². The Labute approximate surface area is 98.8 Å². The monoisotopic (exact) mass is 156 g/mol. The summed E-state index contributed by atoms with van der Waals surface area (Å²) in [5.74, 6) is 0. The van der Waals surface area contributed by atoms with Crippen LogP contribution in [0.1, 0.15) is 26.2 Å². The van der Waals surface area contributed by atoms with Gasteiger partial charge in [0.2, 0.25) is 0 Å². The van der Waals surface area contributed by atoms with Gasteiger partial charge in [0.1, 0.15) is 0 Å². The molecule has 0 aliphatic carbocycles. The van der Waals surface area contributed by atoms with Crippen molar-refractivity contribution in [1.29, 1.82) is 0 Å². The minimum absolute atomic E-state index is 0. The third-order valence-electron chi connectivity index (χ3n) is 0.934. The molecular formula is C6H13KO2. The molecule has 3 heteroatoms. The summed E-state index contributed by atoms with van der Waals surface area (Å²) in [4.78, 5) is 9.55. The van der Waals surface area contributed by atoms with E-state index in [2.05, 4.69) is 11.7 Å². The Balaban J connectivity index is 0. The predicted octanol–water partition coefficient (Wildman–Crippen LogP) is 0.701. The molecule has 50 valence electrons. The van der Waals surface area contributed by atoms with Crippen molar-refractivity contribution in [2.75, 3.05) is 6.61 Å². The average molecular weight is 156 g/mol. The fourth-order valence-electron chi connectivity index (χ4n) is 0.484. The number of rotatable bonds is 5. The third-order valence-corrected chi connectivity index (χ3v) is 0.934. The Morgan fingerprint density at radius 2 is 2.11 bits per heavy atom. The first-order valence-corrected chi connectivity index (χ1v) is 2.97. The zero-order valence-corrected chi connectivity index (χ0v) is 5.22. The summed E-state index contributed by atoms with van der Waals surface area (Å²) in [7, 11) is 0. The van der Waals surface area contributed by atoms with Crippen molar-refractivity contribution < 1.29 is 9.53 Å². The van der Waals surface area contributed by atoms with Gasteiger partial charge in [-0.2, -0.15) is 0 Å². The first kappa shape index (κ1) is 12.8. The molecule has 0 aromatic carbocycles. The molecule has 9 heavy (non-hydrogen) atoms. The molecular weight excluding hydrogens is 143 g/mol. The molecule has 0 spiro atoms. The Morgan fingerprint density at radius 1 is 1.44 bits per heavy atom. The molecule has 0 aromatic rings. The Kier molecular flexibility index (Phi) is 16.8. The van der Waals surface area contributed by atoms with Gasteiger partial charge in [0, 0.05) is 0 Å². The van der Waals surface area contributed by atoms with E-state index in [0.717, 1.165) is 12.8 Å². The normalized spacial score (nSPS) is 7.67. The Morgan fingerprint density at radius 3 is 2.56 bits per heavy atom. The fourth-order valence-corrected chi connectivity index (χ4v) is 0.484. The maximum absolute atomic E-state index is 9.55. The molecule has 0 fully saturated rings. The van der Waals surface area contributed by atoms with E-state index in [-0.39, 0.29) is 51.4 Å². The minimum atomic E-state index is 0. The molecule has 2 nitrogen and oxygen atoms in total. The van der Waals surface area contributed by atoms with Crippen LogP contribution in [-0.2, 0) is 9.53 Å². The second-order valence-electron chi connectivity index (χ2n) is 1.67. The summed E-state index contributed by atoms with van der Waals surface area (Å²) in [6, 6.07) is 0. The molecule has 0 bridgehead atoms. The summed E-state index contributed by atoms with van der Waals surface area (Å²) >= 11 is 0. The van der Waals surface area contributed by atoms with Crippen molar-refractivity contribution in [3.8, 4) is 0 Å². The van der Waals surface area contributed by atoms with Crippen LogP contribution in [0.15, 0.2) is 0 Å². The van der Waals surface area contributed by atoms with Gasteiger partial charge in [-0.1, -0.05) is 19.8 Å². The molecule has 0 rings (SSSR count). The van der Waals surface area contributed by atoms with Crippen molar-refractivity contribution in [2.45, 2.75) is 26.2 Å². The average Bonchev–Trinajstić information content (AvgIpc) is 1.81. The van der Waals surface area contributed by atoms with Gasteiger partial charge in [-0.3, -0.25) is 4.79 Å². The van der Waals surface area contributed by atoms with Crippen LogP contribution in [0.4, 0.5) is 0 Å². The number of carbonyl (C=O) groups is 1. The number of carbonyl (C=O) groups excluding carboxylic acids is 1. The van der Waals surface area contributed by atoms with Gasteiger partial charge in [0.25, 0.3) is 6.47 Å². The molecule has 0 aromatic heterocycles. The zero-order chi connectivity index (χ0) is 6.24. The second kappa shape index (κ2) is 11.8. The van der Waals surface area contributed by atoms with Gasteiger partial charge in [-0.25, -0.2) is 0 Å². The van der Waals surface area contributed by atoms with E-state index in [1.807, 2.05) is 0 Å². The first-order chi connectivity index (χ1) is 3.91. The molecule has 0 unspecified atom stereocenters. The van der Waals surface area contributed by atoms with Crippen LogP contribution in [0.5, 0.6) is 0 Å². The fraction of sp³-hybridized carbons (Fsp3) is 0.833. The number of hydrogen-bond acceptors (Lipinski definition) is 2. The Bertz CT molecular complexity index is 57.0. The zero-order valence-electron chi connectivity index (χ0n) is 5.22. The van der Waals surface area contributed by atoms with E-state index in [0.29, 0.717) is 13.1 Å². The summed E-state index contributed by atoms with van der Waals surface area (Å²) in [5.41, 5.74) is 0. The summed E-state index contributed by atoms with van der Waals surface area (Å²) < 4.78 is 4.46. The standard InChI is InChI=1S/C6H12O2.K.H/c1-2-3-4-5-8-6-7;;/h6H,2-5H2,1H3;;. The van der Waals surface area contributed by atoms with Crippen molar-refractivity contribution in [3.05, 3.63) is 0 Å². The second-order valence-corrected chi connectivity index (χ2v) is 1.67. The predicted molar refractivity (Wildman–Crippen MR) is 38.7 cm³/mol. The summed E-state index contributed by atoms with van der Waals surface area (Å²) in [6.07, 6.45) is 3.31. The van der Waals surface area contributed by atoms with E-state index in [1.54, 1.807) is 0 Å². The van der Waals surface area contributed by atoms with Gasteiger partial charge in [0.05, 0.1) is 6.61 Å². The van der Waals surface area contributed by atoms with E-state index in [1.165, 1.54) is 6.42 Å². The van der Waals surface area contributed by atoms with Crippen molar-refractivity contribution in [2.24, 2.45) is 0 Å². The topological polar surface area (TPSA) is 26.3 Å². The Hall–Kier alpha value is 1.11. The summed E-state index contributed by atoms with van der Waals surface area (Å²) in [5, 5.41) is 0. The van der Waals surface area contributed by atoms with Crippen LogP contribution >= 0.6 is 0 Å². The van der Waals surface area contributed by atoms with Gasteiger partial charge >= 0.3 is 51.4 Å². The van der Waals surface area contributed by atoms with Crippen molar-refractivity contribution >= 4 is 57.9 Å². The van der Waals surface area contributed by atoms with E-state index in [4.69, 9.17) is 0 Å². The third kappa shape index (κ3) is 12.3. The molecule has 0 amide bonds.